The Hall–Kier alpha value is -2.93. The van der Waals surface area contributed by atoms with Crippen LogP contribution in [0.2, 0.25) is 0 Å². The fraction of sp³-hybridized carbons (Fsp3) is 0.273. The van der Waals surface area contributed by atoms with Crippen LogP contribution in [0, 0.1) is 6.92 Å². The first-order valence-electron chi connectivity index (χ1n) is 9.41. The summed E-state index contributed by atoms with van der Waals surface area (Å²) < 4.78 is 1.52. The van der Waals surface area contributed by atoms with Crippen molar-refractivity contribution in [2.45, 2.75) is 38.4 Å². The third kappa shape index (κ3) is 4.56. The van der Waals surface area contributed by atoms with Crippen LogP contribution in [-0.2, 0) is 11.3 Å². The minimum atomic E-state index is -0.188. The number of pyridine rings is 1. The highest BCUT2D eigenvalue weighted by atomic mass is 32.2. The number of allylic oxidation sites excluding steroid dienone is 1. The van der Waals surface area contributed by atoms with Gasteiger partial charge in [-0.05, 0) is 36.1 Å². The van der Waals surface area contributed by atoms with Gasteiger partial charge < -0.3 is 5.32 Å². The van der Waals surface area contributed by atoms with Gasteiger partial charge in [-0.1, -0.05) is 49.9 Å². The van der Waals surface area contributed by atoms with Crippen molar-refractivity contribution in [3.63, 3.8) is 0 Å². The molecule has 6 nitrogen and oxygen atoms in total. The highest BCUT2D eigenvalue weighted by Gasteiger charge is 2.15. The van der Waals surface area contributed by atoms with Crippen molar-refractivity contribution >= 4 is 34.4 Å². The summed E-state index contributed by atoms with van der Waals surface area (Å²) in [6.45, 7) is 10.2. The van der Waals surface area contributed by atoms with E-state index in [1.807, 2.05) is 25.1 Å². The van der Waals surface area contributed by atoms with E-state index in [1.165, 1.54) is 16.3 Å². The van der Waals surface area contributed by atoms with E-state index in [-0.39, 0.29) is 17.2 Å². The van der Waals surface area contributed by atoms with Crippen LogP contribution in [0.25, 0.3) is 11.0 Å². The molecule has 1 amide bonds. The molecule has 3 aromatic rings. The molecule has 0 atom stereocenters. The van der Waals surface area contributed by atoms with Crippen LogP contribution in [0.1, 0.15) is 30.9 Å². The van der Waals surface area contributed by atoms with Gasteiger partial charge in [0.05, 0.1) is 11.1 Å². The molecule has 0 aliphatic carbocycles. The lowest BCUT2D eigenvalue weighted by molar-refractivity contribution is -0.113. The predicted octanol–water partition coefficient (Wildman–Crippen LogP) is 4.14. The number of amides is 1. The van der Waals surface area contributed by atoms with E-state index < -0.39 is 0 Å². The number of aryl methyl sites for hydroxylation is 1. The van der Waals surface area contributed by atoms with E-state index in [0.29, 0.717) is 28.7 Å². The van der Waals surface area contributed by atoms with Crippen molar-refractivity contribution in [1.29, 1.82) is 0 Å². The van der Waals surface area contributed by atoms with Crippen molar-refractivity contribution in [1.82, 2.24) is 14.5 Å². The van der Waals surface area contributed by atoms with Gasteiger partial charge in [0.1, 0.15) is 0 Å². The maximum Gasteiger partial charge on any atom is 0.263 e. The van der Waals surface area contributed by atoms with Crippen LogP contribution >= 0.6 is 11.8 Å². The highest BCUT2D eigenvalue weighted by Crippen LogP contribution is 2.28. The Labute approximate surface area is 174 Å². The molecule has 0 saturated heterocycles. The van der Waals surface area contributed by atoms with Gasteiger partial charge in [0, 0.05) is 18.4 Å². The summed E-state index contributed by atoms with van der Waals surface area (Å²) in [5, 5.41) is 3.92. The lowest BCUT2D eigenvalue weighted by Crippen LogP contribution is -2.24. The van der Waals surface area contributed by atoms with E-state index in [9.17, 15) is 9.59 Å². The molecule has 0 spiro atoms. The molecule has 1 aromatic carbocycles. The maximum absolute atomic E-state index is 12.8. The number of fused-ring (bicyclic) bond motifs is 1. The van der Waals surface area contributed by atoms with E-state index in [0.717, 1.165) is 16.8 Å². The first kappa shape index (κ1) is 20.8. The predicted molar refractivity (Wildman–Crippen MR) is 119 cm³/mol. The number of para-hydroxylation sites is 1. The number of rotatable bonds is 7. The second-order valence-electron chi connectivity index (χ2n) is 7.00. The van der Waals surface area contributed by atoms with Crippen LogP contribution in [0.15, 0.2) is 59.1 Å². The number of hydrogen-bond acceptors (Lipinski definition) is 5. The molecule has 0 aliphatic heterocycles. The summed E-state index contributed by atoms with van der Waals surface area (Å²) in [7, 11) is 0. The quantitative estimate of drug-likeness (QED) is 0.361. The zero-order valence-electron chi connectivity index (χ0n) is 16.8. The number of nitrogens with zero attached hydrogens (tertiary/aromatic N) is 3. The number of carbonyl (C=O) groups excluding carboxylic acids is 1. The minimum Gasteiger partial charge on any atom is -0.325 e. The second-order valence-corrected chi connectivity index (χ2v) is 7.95. The summed E-state index contributed by atoms with van der Waals surface area (Å²) in [5.41, 5.74) is 3.16. The fourth-order valence-corrected chi connectivity index (χ4v) is 3.88. The molecule has 3 rings (SSSR count). The Morgan fingerprint density at radius 3 is 2.83 bits per heavy atom. The van der Waals surface area contributed by atoms with Crippen LogP contribution in [0.4, 0.5) is 5.69 Å². The topological polar surface area (TPSA) is 76.9 Å². The zero-order chi connectivity index (χ0) is 21.0. The van der Waals surface area contributed by atoms with Crippen molar-refractivity contribution in [3.8, 4) is 0 Å². The number of carbonyl (C=O) groups is 1. The van der Waals surface area contributed by atoms with Gasteiger partial charge in [-0.3, -0.25) is 14.2 Å². The Morgan fingerprint density at radius 2 is 2.10 bits per heavy atom. The molecule has 7 heteroatoms. The van der Waals surface area contributed by atoms with Gasteiger partial charge in [-0.25, -0.2) is 9.97 Å². The number of aromatic nitrogens is 3. The molecular weight excluding hydrogens is 384 g/mol. The van der Waals surface area contributed by atoms with Crippen molar-refractivity contribution < 1.29 is 4.79 Å². The average Bonchev–Trinajstić information content (AvgIpc) is 2.70. The zero-order valence-corrected chi connectivity index (χ0v) is 17.6. The van der Waals surface area contributed by atoms with Crippen LogP contribution in [0.3, 0.4) is 0 Å². The van der Waals surface area contributed by atoms with E-state index >= 15 is 0 Å². The van der Waals surface area contributed by atoms with Gasteiger partial charge in [-0.2, -0.15) is 0 Å². The number of hydrogen-bond donors (Lipinski definition) is 1. The Morgan fingerprint density at radius 1 is 1.31 bits per heavy atom. The van der Waals surface area contributed by atoms with Gasteiger partial charge in [0.2, 0.25) is 5.91 Å². The molecule has 0 unspecified atom stereocenters. The van der Waals surface area contributed by atoms with Crippen LogP contribution in [0.5, 0.6) is 0 Å². The van der Waals surface area contributed by atoms with Crippen LogP contribution in [-0.4, -0.2) is 26.2 Å². The molecule has 0 radical (unpaired) electrons. The number of anilines is 1. The van der Waals surface area contributed by atoms with E-state index in [1.54, 1.807) is 24.4 Å². The lowest BCUT2D eigenvalue weighted by Gasteiger charge is -2.16. The van der Waals surface area contributed by atoms with E-state index in [4.69, 9.17) is 0 Å². The highest BCUT2D eigenvalue weighted by molar-refractivity contribution is 7.99. The fourth-order valence-electron chi connectivity index (χ4n) is 3.08. The maximum atomic E-state index is 12.8. The molecule has 0 aliphatic rings. The normalized spacial score (nSPS) is 11.0. The second kappa shape index (κ2) is 9.05. The van der Waals surface area contributed by atoms with Gasteiger partial charge in [-0.15, -0.1) is 6.58 Å². The Bertz CT molecular complexity index is 1120. The molecule has 2 aromatic heterocycles. The van der Waals surface area contributed by atoms with Gasteiger partial charge in [0.15, 0.2) is 10.8 Å². The molecule has 2 heterocycles. The smallest absolute Gasteiger partial charge is 0.263 e. The largest absolute Gasteiger partial charge is 0.325 e. The van der Waals surface area contributed by atoms with Crippen molar-refractivity contribution in [3.05, 3.63) is 70.7 Å². The standard InChI is InChI=1S/C22H24N4O2S/c1-5-12-26-21(28)17-10-7-11-23-20(17)25-22(26)29-13-18(27)24-19-15(4)8-6-9-16(19)14(2)3/h5-11,14H,1,12-13H2,2-4H3,(H,24,27). The third-order valence-corrected chi connectivity index (χ3v) is 5.51. The molecular formula is C22H24N4O2S. The van der Waals surface area contributed by atoms with Gasteiger partial charge in [0.25, 0.3) is 5.56 Å². The van der Waals surface area contributed by atoms with Crippen LogP contribution < -0.4 is 10.9 Å². The number of nitrogens with one attached hydrogen (secondary N) is 1. The summed E-state index contributed by atoms with van der Waals surface area (Å²) in [5.74, 6) is 0.281. The summed E-state index contributed by atoms with van der Waals surface area (Å²) in [6.07, 6.45) is 3.23. The molecule has 0 fully saturated rings. The van der Waals surface area contributed by atoms with Gasteiger partial charge >= 0.3 is 0 Å². The first-order chi connectivity index (χ1) is 13.9. The lowest BCUT2D eigenvalue weighted by atomic mass is 9.98. The molecule has 1 N–H and O–H groups in total. The van der Waals surface area contributed by atoms with Crippen molar-refractivity contribution in [2.75, 3.05) is 11.1 Å². The summed E-state index contributed by atoms with van der Waals surface area (Å²) in [4.78, 5) is 34.1. The number of benzene rings is 1. The number of thioether (sulfide) groups is 1. The molecule has 150 valence electrons. The Kier molecular flexibility index (Phi) is 6.49. The monoisotopic (exact) mass is 408 g/mol. The first-order valence-corrected chi connectivity index (χ1v) is 10.4. The molecule has 0 bridgehead atoms. The SMILES string of the molecule is C=CCn1c(SCC(=O)Nc2c(C)cccc2C(C)C)nc2ncccc2c1=O. The Balaban J connectivity index is 1.84. The van der Waals surface area contributed by atoms with E-state index in [2.05, 4.69) is 35.7 Å². The summed E-state index contributed by atoms with van der Waals surface area (Å²) in [6, 6.07) is 9.41. The third-order valence-electron chi connectivity index (χ3n) is 4.53. The molecule has 0 saturated carbocycles. The summed E-state index contributed by atoms with van der Waals surface area (Å²) >= 11 is 1.22. The van der Waals surface area contributed by atoms with Crippen molar-refractivity contribution in [2.24, 2.45) is 0 Å². The average molecular weight is 409 g/mol. The minimum absolute atomic E-state index is 0.133. The molecule has 29 heavy (non-hydrogen) atoms.